The SMILES string of the molecule is CC(CO)N(C)C(=O)CCOCC(F)F. The number of halogens is 2. The molecule has 4 nitrogen and oxygen atoms in total. The van der Waals surface area contributed by atoms with Crippen molar-refractivity contribution in [3.05, 3.63) is 0 Å². The van der Waals surface area contributed by atoms with Crippen molar-refractivity contribution in [1.29, 1.82) is 0 Å². The number of amides is 1. The van der Waals surface area contributed by atoms with Crippen molar-refractivity contribution < 1.29 is 23.4 Å². The second-order valence-electron chi connectivity index (χ2n) is 3.25. The highest BCUT2D eigenvalue weighted by Gasteiger charge is 2.14. The molecule has 1 unspecified atom stereocenters. The van der Waals surface area contributed by atoms with Gasteiger partial charge in [-0.15, -0.1) is 0 Å². The van der Waals surface area contributed by atoms with Crippen LogP contribution < -0.4 is 0 Å². The maximum absolute atomic E-state index is 11.6. The van der Waals surface area contributed by atoms with Crippen LogP contribution in [0.1, 0.15) is 13.3 Å². The van der Waals surface area contributed by atoms with E-state index in [1.54, 1.807) is 14.0 Å². The van der Waals surface area contributed by atoms with E-state index in [4.69, 9.17) is 5.11 Å². The minimum Gasteiger partial charge on any atom is -0.394 e. The van der Waals surface area contributed by atoms with Crippen LogP contribution in [0, 0.1) is 0 Å². The first-order valence-electron chi connectivity index (χ1n) is 4.71. The average molecular weight is 225 g/mol. The number of alkyl halides is 2. The van der Waals surface area contributed by atoms with Crippen molar-refractivity contribution in [3.63, 3.8) is 0 Å². The van der Waals surface area contributed by atoms with E-state index in [1.807, 2.05) is 0 Å². The van der Waals surface area contributed by atoms with E-state index in [0.29, 0.717) is 0 Å². The predicted molar refractivity (Wildman–Crippen MR) is 50.8 cm³/mol. The molecule has 0 spiro atoms. The van der Waals surface area contributed by atoms with Gasteiger partial charge in [0.2, 0.25) is 5.91 Å². The van der Waals surface area contributed by atoms with Crippen LogP contribution in [0.2, 0.25) is 0 Å². The maximum Gasteiger partial charge on any atom is 0.261 e. The van der Waals surface area contributed by atoms with Crippen molar-refractivity contribution in [2.45, 2.75) is 25.8 Å². The summed E-state index contributed by atoms with van der Waals surface area (Å²) >= 11 is 0. The molecule has 0 saturated heterocycles. The second-order valence-corrected chi connectivity index (χ2v) is 3.25. The molecule has 0 aromatic rings. The van der Waals surface area contributed by atoms with Gasteiger partial charge in [-0.05, 0) is 6.92 Å². The van der Waals surface area contributed by atoms with Crippen LogP contribution in [0.4, 0.5) is 8.78 Å². The van der Waals surface area contributed by atoms with Gasteiger partial charge in [-0.3, -0.25) is 4.79 Å². The number of nitrogens with zero attached hydrogens (tertiary/aromatic N) is 1. The average Bonchev–Trinajstić information content (AvgIpc) is 2.21. The summed E-state index contributed by atoms with van der Waals surface area (Å²) in [6.45, 7) is 0.899. The number of ether oxygens (including phenoxy) is 1. The standard InChI is InChI=1S/C9H17F2NO3/c1-7(5-13)12(2)9(14)3-4-15-6-8(10)11/h7-8,13H,3-6H2,1-2H3. The fourth-order valence-electron chi connectivity index (χ4n) is 0.877. The zero-order chi connectivity index (χ0) is 11.8. The molecule has 0 radical (unpaired) electrons. The van der Waals surface area contributed by atoms with Crippen LogP contribution in [0.15, 0.2) is 0 Å². The number of aliphatic hydroxyl groups is 1. The lowest BCUT2D eigenvalue weighted by Crippen LogP contribution is -2.37. The van der Waals surface area contributed by atoms with Crippen molar-refractivity contribution >= 4 is 5.91 Å². The van der Waals surface area contributed by atoms with Crippen LogP contribution >= 0.6 is 0 Å². The molecule has 6 heteroatoms. The molecular formula is C9H17F2NO3. The molecule has 0 aliphatic heterocycles. The fraction of sp³-hybridized carbons (Fsp3) is 0.889. The largest absolute Gasteiger partial charge is 0.394 e. The Morgan fingerprint density at radius 1 is 1.53 bits per heavy atom. The normalized spacial score (nSPS) is 12.9. The lowest BCUT2D eigenvalue weighted by molar-refractivity contribution is -0.133. The zero-order valence-corrected chi connectivity index (χ0v) is 8.95. The molecule has 0 heterocycles. The van der Waals surface area contributed by atoms with Crippen LogP contribution in [-0.2, 0) is 9.53 Å². The van der Waals surface area contributed by atoms with Gasteiger partial charge in [0.15, 0.2) is 0 Å². The van der Waals surface area contributed by atoms with E-state index >= 15 is 0 Å². The third kappa shape index (κ3) is 6.35. The lowest BCUT2D eigenvalue weighted by Gasteiger charge is -2.23. The maximum atomic E-state index is 11.6. The molecule has 0 aliphatic rings. The van der Waals surface area contributed by atoms with E-state index in [2.05, 4.69) is 4.74 Å². The number of aliphatic hydroxyl groups excluding tert-OH is 1. The molecule has 1 amide bonds. The highest BCUT2D eigenvalue weighted by atomic mass is 19.3. The van der Waals surface area contributed by atoms with Crippen LogP contribution in [-0.4, -0.2) is 55.2 Å². The Labute approximate surface area is 87.8 Å². The summed E-state index contributed by atoms with van der Waals surface area (Å²) in [6, 6.07) is -0.271. The number of hydrogen-bond acceptors (Lipinski definition) is 3. The summed E-state index contributed by atoms with van der Waals surface area (Å²) in [4.78, 5) is 12.7. The predicted octanol–water partition coefficient (Wildman–Crippen LogP) is 0.497. The van der Waals surface area contributed by atoms with Crippen LogP contribution in [0.5, 0.6) is 0 Å². The van der Waals surface area contributed by atoms with Gasteiger partial charge >= 0.3 is 0 Å². The zero-order valence-electron chi connectivity index (χ0n) is 8.95. The third-order valence-electron chi connectivity index (χ3n) is 2.02. The lowest BCUT2D eigenvalue weighted by atomic mass is 10.3. The molecule has 0 bridgehead atoms. The van der Waals surface area contributed by atoms with Gasteiger partial charge in [-0.2, -0.15) is 0 Å². The first-order chi connectivity index (χ1) is 6.99. The molecule has 15 heavy (non-hydrogen) atoms. The van der Waals surface area contributed by atoms with Gasteiger partial charge < -0.3 is 14.7 Å². The van der Waals surface area contributed by atoms with E-state index in [-0.39, 0.29) is 31.6 Å². The minimum absolute atomic E-state index is 0.0222. The first kappa shape index (κ1) is 14.2. The summed E-state index contributed by atoms with van der Waals surface area (Å²) in [7, 11) is 1.55. The Hall–Kier alpha value is -0.750. The summed E-state index contributed by atoms with van der Waals surface area (Å²) in [6.07, 6.45) is -2.46. The second kappa shape index (κ2) is 7.53. The molecule has 0 rings (SSSR count). The highest BCUT2D eigenvalue weighted by Crippen LogP contribution is 1.99. The topological polar surface area (TPSA) is 49.8 Å². The fourth-order valence-corrected chi connectivity index (χ4v) is 0.877. The van der Waals surface area contributed by atoms with E-state index < -0.39 is 13.0 Å². The van der Waals surface area contributed by atoms with Gasteiger partial charge in [0.1, 0.15) is 6.61 Å². The molecule has 90 valence electrons. The van der Waals surface area contributed by atoms with Gasteiger partial charge in [0.05, 0.1) is 25.7 Å². The smallest absolute Gasteiger partial charge is 0.261 e. The van der Waals surface area contributed by atoms with Crippen molar-refractivity contribution in [1.82, 2.24) is 4.90 Å². The van der Waals surface area contributed by atoms with E-state index in [9.17, 15) is 13.6 Å². The molecule has 1 atom stereocenters. The van der Waals surface area contributed by atoms with Gasteiger partial charge in [0, 0.05) is 7.05 Å². The van der Waals surface area contributed by atoms with Crippen molar-refractivity contribution in [2.24, 2.45) is 0 Å². The molecule has 0 aliphatic carbocycles. The summed E-state index contributed by atoms with van der Waals surface area (Å²) in [5.41, 5.74) is 0. The highest BCUT2D eigenvalue weighted by molar-refractivity contribution is 5.76. The molecule has 1 N–H and O–H groups in total. The molecule has 0 saturated carbocycles. The number of likely N-dealkylation sites (N-methyl/N-ethyl adjacent to an activating group) is 1. The Morgan fingerprint density at radius 2 is 2.13 bits per heavy atom. The van der Waals surface area contributed by atoms with Gasteiger partial charge in [-0.1, -0.05) is 0 Å². The van der Waals surface area contributed by atoms with Crippen molar-refractivity contribution in [2.75, 3.05) is 26.9 Å². The first-order valence-corrected chi connectivity index (χ1v) is 4.71. The summed E-state index contributed by atoms with van der Waals surface area (Å²) < 4.78 is 27.9. The molecule has 0 aromatic heterocycles. The van der Waals surface area contributed by atoms with E-state index in [0.717, 1.165) is 0 Å². The van der Waals surface area contributed by atoms with E-state index in [1.165, 1.54) is 4.90 Å². The summed E-state index contributed by atoms with van der Waals surface area (Å²) in [5.74, 6) is -0.231. The Kier molecular flexibility index (Phi) is 7.15. The molecule has 0 fully saturated rings. The minimum atomic E-state index is -2.51. The van der Waals surface area contributed by atoms with Gasteiger partial charge in [-0.25, -0.2) is 8.78 Å². The van der Waals surface area contributed by atoms with Gasteiger partial charge in [0.25, 0.3) is 6.43 Å². The summed E-state index contributed by atoms with van der Waals surface area (Å²) in [5, 5.41) is 8.77. The Balaban J connectivity index is 3.65. The van der Waals surface area contributed by atoms with Crippen LogP contribution in [0.3, 0.4) is 0 Å². The Morgan fingerprint density at radius 3 is 2.60 bits per heavy atom. The Bertz CT molecular complexity index is 190. The number of rotatable bonds is 7. The third-order valence-corrected chi connectivity index (χ3v) is 2.02. The number of carbonyl (C=O) groups excluding carboxylic acids is 1. The quantitative estimate of drug-likeness (QED) is 0.642. The number of hydrogen-bond donors (Lipinski definition) is 1. The molecular weight excluding hydrogens is 208 g/mol. The van der Waals surface area contributed by atoms with Crippen molar-refractivity contribution in [3.8, 4) is 0 Å². The molecule has 0 aromatic carbocycles. The van der Waals surface area contributed by atoms with Crippen LogP contribution in [0.25, 0.3) is 0 Å². The number of carbonyl (C=O) groups is 1. The monoisotopic (exact) mass is 225 g/mol.